The Morgan fingerprint density at radius 2 is 1.01 bits per heavy atom. The number of fused-ring (bicyclic) bond motifs is 7. The number of benzene rings is 2. The first-order valence-corrected chi connectivity index (χ1v) is 46.9. The number of ketones is 2. The van der Waals surface area contributed by atoms with Gasteiger partial charge in [0.15, 0.2) is 11.6 Å². The second kappa shape index (κ2) is 40.1. The fourth-order valence-electron chi connectivity index (χ4n) is 17.5. The number of hydrogen-bond acceptors (Lipinski definition) is 25. The number of aliphatic imine (C=N–C) groups is 1. The smallest absolute Gasteiger partial charge is 0.338 e. The van der Waals surface area contributed by atoms with Gasteiger partial charge in [-0.2, -0.15) is 0 Å². The van der Waals surface area contributed by atoms with Crippen LogP contribution in [0.1, 0.15) is 228 Å². The Bertz CT molecular complexity index is 5130. The van der Waals surface area contributed by atoms with Crippen LogP contribution in [-0.2, 0) is 67.9 Å². The van der Waals surface area contributed by atoms with E-state index in [0.29, 0.717) is 60.6 Å². The largest absolute Gasteiger partial charge is 0.481 e. The molecule has 5 saturated heterocycles. The topological polar surface area (TPSA) is 426 Å². The van der Waals surface area contributed by atoms with E-state index in [9.17, 15) is 73.9 Å². The van der Waals surface area contributed by atoms with E-state index < -0.39 is 193 Å². The Labute approximate surface area is 730 Å². The van der Waals surface area contributed by atoms with Gasteiger partial charge < -0.3 is 38.8 Å². The number of Topliss-reactive ketones (excluding diaryl/α,β-unsaturated/α-hetero) is 2. The molecule has 32 nitrogen and oxygen atoms in total. The van der Waals surface area contributed by atoms with Gasteiger partial charge in [0, 0.05) is 114 Å². The van der Waals surface area contributed by atoms with Gasteiger partial charge in [-0.1, -0.05) is 56.4 Å². The van der Waals surface area contributed by atoms with E-state index in [1.54, 1.807) is 96.7 Å². The van der Waals surface area contributed by atoms with Crippen molar-refractivity contribution in [2.45, 2.75) is 286 Å². The highest BCUT2D eigenvalue weighted by Gasteiger charge is 2.66. The van der Waals surface area contributed by atoms with Crippen molar-refractivity contribution in [1.82, 2.24) is 58.5 Å². The van der Waals surface area contributed by atoms with Gasteiger partial charge in [0.05, 0.1) is 99.6 Å². The molecule has 4 aliphatic carbocycles. The maximum atomic E-state index is 15.3. The molecular weight excluding hydrogens is 1680 g/mol. The van der Waals surface area contributed by atoms with Crippen molar-refractivity contribution in [3.63, 3.8) is 0 Å². The van der Waals surface area contributed by atoms with Crippen LogP contribution in [0.15, 0.2) is 103 Å². The van der Waals surface area contributed by atoms with E-state index in [1.807, 2.05) is 18.2 Å². The zero-order valence-corrected chi connectivity index (χ0v) is 73.8. The molecule has 126 heavy (non-hydrogen) atoms. The second-order valence-corrected chi connectivity index (χ2v) is 40.8. The quantitative estimate of drug-likeness (QED) is 0.0714. The molecule has 0 bridgehead atoms. The number of imidazole rings is 2. The third-order valence-electron chi connectivity index (χ3n) is 24.4. The number of amides is 3. The average molecular weight is 1800 g/mol. The lowest BCUT2D eigenvalue weighted by Gasteiger charge is -2.29. The molecule has 2 aromatic carbocycles. The number of primary sulfonamides is 1. The first-order chi connectivity index (χ1) is 59.5. The number of carboxylic acid groups (broad SMARTS) is 1. The number of para-hydroxylation sites is 4. The van der Waals surface area contributed by atoms with Crippen LogP contribution >= 0.6 is 0 Å². The predicted molar refractivity (Wildman–Crippen MR) is 453 cm³/mol. The third-order valence-corrected chi connectivity index (χ3v) is 27.7. The van der Waals surface area contributed by atoms with Crippen molar-refractivity contribution in [2.24, 2.45) is 44.6 Å². The number of aromatic nitrogens is 8. The monoisotopic (exact) mass is 1800 g/mol. The molecule has 4 N–H and O–H groups in total. The minimum absolute atomic E-state index is 0.0101. The minimum atomic E-state index is -4.02. The summed E-state index contributed by atoms with van der Waals surface area (Å²) < 4.78 is 134. The van der Waals surface area contributed by atoms with Gasteiger partial charge in [0.1, 0.15) is 36.1 Å². The van der Waals surface area contributed by atoms with Crippen molar-refractivity contribution in [1.29, 1.82) is 0 Å². The molecule has 4 aromatic heterocycles. The van der Waals surface area contributed by atoms with E-state index in [-0.39, 0.29) is 100 Å². The summed E-state index contributed by atoms with van der Waals surface area (Å²) in [5, 5.41) is 13.9. The number of rotatable bonds is 13. The number of alkyl halides is 4. The predicted octanol–water partition coefficient (Wildman–Crippen LogP) is 12.0. The van der Waals surface area contributed by atoms with E-state index in [0.717, 1.165) is 19.4 Å². The van der Waals surface area contributed by atoms with Crippen molar-refractivity contribution >= 4 is 101 Å². The Balaban J connectivity index is 0.000000172. The fraction of sp³-hybridized carbons (Fsp3) is 0.636. The van der Waals surface area contributed by atoms with Gasteiger partial charge in [-0.05, 0) is 161 Å². The lowest BCUT2D eigenvalue weighted by molar-refractivity contribution is -0.159. The van der Waals surface area contributed by atoms with Gasteiger partial charge in [0.2, 0.25) is 61.4 Å². The van der Waals surface area contributed by atoms with Gasteiger partial charge in [-0.25, -0.2) is 74.2 Å². The Hall–Kier alpha value is -9.98. The van der Waals surface area contributed by atoms with Crippen LogP contribution in [0.5, 0.6) is 11.8 Å². The maximum absolute atomic E-state index is 15.3. The first kappa shape index (κ1) is 95.1. The second-order valence-electron chi connectivity index (χ2n) is 37.0. The normalized spacial score (nSPS) is 26.6. The molecule has 6 aliphatic heterocycles. The van der Waals surface area contributed by atoms with Crippen molar-refractivity contribution in [3.8, 4) is 11.8 Å². The van der Waals surface area contributed by atoms with Crippen LogP contribution in [0, 0.1) is 34.5 Å². The fourth-order valence-corrected chi connectivity index (χ4v) is 19.7. The molecular formula is C88H116F4N14O18S2. The van der Waals surface area contributed by atoms with Crippen LogP contribution in [0.25, 0.3) is 22.1 Å². The van der Waals surface area contributed by atoms with E-state index in [2.05, 4.69) is 44.5 Å². The summed E-state index contributed by atoms with van der Waals surface area (Å²) in [7, 11) is -7.15. The third kappa shape index (κ3) is 26.1. The Kier molecular flexibility index (Phi) is 30.3. The van der Waals surface area contributed by atoms with Gasteiger partial charge in [-0.3, -0.25) is 57.2 Å². The molecule has 16 rings (SSSR count). The Morgan fingerprint density at radius 1 is 0.563 bits per heavy atom. The number of hydrogen-bond donors (Lipinski definition) is 3. The molecule has 686 valence electrons. The highest BCUT2D eigenvalue weighted by molar-refractivity contribution is 7.91. The maximum Gasteiger partial charge on any atom is 0.338 e. The number of amidine groups is 1. The molecule has 10 atom stereocenters. The summed E-state index contributed by atoms with van der Waals surface area (Å²) in [6.45, 7) is 13.9. The summed E-state index contributed by atoms with van der Waals surface area (Å²) in [6, 6.07) is 12.1. The molecule has 4 saturated carbocycles. The molecule has 0 radical (unpaired) electrons. The lowest BCUT2D eigenvalue weighted by Crippen LogP contribution is -2.46. The molecule has 10 heterocycles. The van der Waals surface area contributed by atoms with Crippen LogP contribution in [0.4, 0.5) is 22.4 Å². The molecule has 38 heteroatoms. The van der Waals surface area contributed by atoms with Crippen LogP contribution in [0.3, 0.4) is 0 Å². The summed E-state index contributed by atoms with van der Waals surface area (Å²) in [4.78, 5) is 155. The lowest BCUT2D eigenvalue weighted by atomic mass is 9.89. The number of aliphatic carboxylic acids is 1. The minimum Gasteiger partial charge on any atom is -0.481 e. The van der Waals surface area contributed by atoms with E-state index in [4.69, 9.17) is 24.1 Å². The number of carbonyl (C=O) groups is 9. The standard InChI is InChI=1S/C36H46F2N4O8S.C33H41F2N3O7.C9H16N2.C7H6N4O.C3H7NO2S/c1-34(2,3)50-31(44)15-22-9-5-4-8-14-36(37,38)18-23-17-35(23,33(46)41-51(47,48)25-12-13-25)19-29(43)28-16-24(21-42(28)32(22)45)49-30-20-39-26-10-6-7-11-27(26)40-30;1-31(2,3)45-28(40)13-20-9-5-4-8-12-33(34,35)16-21-15-32(21,30(42)43)17-26(39)25-14-22(19-38(25)29(20)41)44-27-18-36-23-10-6-7-11-24(23)37-27;1-2-5-9-10-6-4-8-11(9)7-3-1;12-7(10-3-1-8-5-10)11-4-2-9-6-11;4-7(5,6)3-1-2-3/h6-7,10-11,20,22-25,28H,4-5,8-9,12-19,21H2,1-3H3,(H,41,46);6-7,10-11,18,20-22,25H,4-5,8-9,12-17,19H2,1-3H3,(H,42,43);1-8H2;1-6H;3H,1-2H2,(H2,4,5,6)/t22-,23+,24-,28+,35-;20-,21+,22-,25+,32-;;;/m11.../s1. The number of carboxylic acids is 1. The number of halogens is 4. The number of ether oxygens (including phenoxy) is 4. The van der Waals surface area contributed by atoms with E-state index >= 15 is 8.78 Å². The number of esters is 2. The highest BCUT2D eigenvalue weighted by atomic mass is 32.2. The first-order valence-electron chi connectivity index (χ1n) is 43.8. The van der Waals surface area contributed by atoms with Gasteiger partial charge in [-0.15, -0.1) is 0 Å². The number of nitrogens with zero attached hydrogens (tertiary/aromatic N) is 12. The molecule has 6 aromatic rings. The summed E-state index contributed by atoms with van der Waals surface area (Å²) >= 11 is 0. The van der Waals surface area contributed by atoms with Crippen molar-refractivity contribution in [3.05, 3.63) is 98.4 Å². The van der Waals surface area contributed by atoms with Crippen molar-refractivity contribution in [2.75, 3.05) is 32.7 Å². The average Bonchev–Trinajstić information content (AvgIpc) is 1.57. The molecule has 9 fully saturated rings. The zero-order chi connectivity index (χ0) is 90.7. The van der Waals surface area contributed by atoms with Crippen LogP contribution < -0.4 is 19.3 Å². The molecule has 0 unspecified atom stereocenters. The van der Waals surface area contributed by atoms with Gasteiger partial charge >= 0.3 is 23.9 Å². The summed E-state index contributed by atoms with van der Waals surface area (Å²) in [5.41, 5.74) is -2.32. The van der Waals surface area contributed by atoms with Gasteiger partial charge in [0.25, 0.3) is 0 Å². The van der Waals surface area contributed by atoms with Crippen molar-refractivity contribution < 1.29 is 102 Å². The molecule has 3 amide bonds. The Morgan fingerprint density at radius 3 is 1.44 bits per heavy atom. The number of sulfonamides is 2. The highest BCUT2D eigenvalue weighted by Crippen LogP contribution is 2.62. The molecule has 0 spiro atoms. The number of nitrogens with one attached hydrogen (secondary N) is 1. The van der Waals surface area contributed by atoms with Crippen LogP contribution in [0.2, 0.25) is 0 Å². The van der Waals surface area contributed by atoms with Crippen LogP contribution in [-0.4, -0.2) is 225 Å². The SMILES string of the molecule is C1CCC2=NCCCN2CC1.CC(C)(C)OC(=O)C[C@H]1CCCCCC(F)(F)C[C@@H]2C[C@@]2(C(=O)NS(=O)(=O)C2CC2)CC(=O)[C@@H]2C[C@@H](Oc3cnc4ccccc4n3)CN2C1=O.CC(C)(C)OC(=O)C[C@H]1CCCCCC(F)(F)C[C@@H]2C[C@@]2(C(=O)O)CC(=O)[C@@H]2C[C@@H](Oc3cnc4ccccc4n3)CN2C1=O.NS(=O)(=O)C1CC1.O=C(n1ccnc1)n1ccnc1. The summed E-state index contributed by atoms with van der Waals surface area (Å²) in [6.07, 6.45) is 18.5. The zero-order valence-electron chi connectivity index (χ0n) is 72.2. The molecule has 10 aliphatic rings. The van der Waals surface area contributed by atoms with E-state index in [1.165, 1.54) is 95.0 Å². The number of carbonyl (C=O) groups excluding carboxylic acids is 8. The number of nitrogens with two attached hydrogens (primary N) is 1. The summed E-state index contributed by atoms with van der Waals surface area (Å²) in [5.74, 6) is -13.3.